The van der Waals surface area contributed by atoms with Gasteiger partial charge in [0.2, 0.25) is 12.7 Å². The highest BCUT2D eigenvalue weighted by atomic mass is 32.2. The number of nitrogens with zero attached hydrogens (tertiary/aromatic N) is 2. The zero-order valence-corrected chi connectivity index (χ0v) is 17.2. The summed E-state index contributed by atoms with van der Waals surface area (Å²) in [6.07, 6.45) is 1.37. The van der Waals surface area contributed by atoms with E-state index in [9.17, 15) is 13.2 Å². The third-order valence-electron chi connectivity index (χ3n) is 5.06. The summed E-state index contributed by atoms with van der Waals surface area (Å²) in [4.78, 5) is 14.6. The zero-order valence-electron chi connectivity index (χ0n) is 15.5. The van der Waals surface area contributed by atoms with Crippen LogP contribution in [0.1, 0.15) is 18.4 Å². The molecule has 4 rings (SSSR count). The first-order valence-electron chi connectivity index (χ1n) is 9.12. The van der Waals surface area contributed by atoms with Crippen molar-refractivity contribution in [2.24, 2.45) is 5.92 Å². The van der Waals surface area contributed by atoms with E-state index in [1.54, 1.807) is 29.5 Å². The van der Waals surface area contributed by atoms with E-state index in [-0.39, 0.29) is 25.2 Å². The van der Waals surface area contributed by atoms with Crippen LogP contribution >= 0.6 is 11.3 Å². The predicted octanol–water partition coefficient (Wildman–Crippen LogP) is 2.54. The Morgan fingerprint density at radius 2 is 2.11 bits per heavy atom. The van der Waals surface area contributed by atoms with Crippen LogP contribution in [0.25, 0.3) is 0 Å². The molecule has 2 aliphatic heterocycles. The Hall–Kier alpha value is -2.10. The zero-order chi connectivity index (χ0) is 19.7. The monoisotopic (exact) mass is 422 g/mol. The summed E-state index contributed by atoms with van der Waals surface area (Å²) in [6, 6.07) is 8.96. The van der Waals surface area contributed by atoms with E-state index in [0.29, 0.717) is 41.6 Å². The Labute approximate surface area is 168 Å². The molecule has 3 heterocycles. The van der Waals surface area contributed by atoms with Crippen molar-refractivity contribution in [2.75, 3.05) is 26.9 Å². The average Bonchev–Trinajstić information content (AvgIpc) is 3.39. The van der Waals surface area contributed by atoms with Gasteiger partial charge in [0, 0.05) is 26.7 Å². The Balaban J connectivity index is 1.42. The SMILES string of the molecule is CN(Cc1ccc2c(c1)OCO2)C(=O)[C@@H]1CCCN(S(=O)(=O)c2cccs2)C1. The number of carbonyl (C=O) groups excluding carboxylic acids is 1. The van der Waals surface area contributed by atoms with Gasteiger partial charge in [-0.1, -0.05) is 12.1 Å². The molecule has 2 aliphatic rings. The van der Waals surface area contributed by atoms with Gasteiger partial charge < -0.3 is 14.4 Å². The minimum Gasteiger partial charge on any atom is -0.454 e. The number of thiophene rings is 1. The molecular weight excluding hydrogens is 400 g/mol. The van der Waals surface area contributed by atoms with Crippen LogP contribution in [0.2, 0.25) is 0 Å². The van der Waals surface area contributed by atoms with Crippen LogP contribution in [0.15, 0.2) is 39.9 Å². The fourth-order valence-electron chi connectivity index (χ4n) is 3.60. The molecule has 1 saturated heterocycles. The standard InChI is InChI=1S/C19H22N2O5S2/c1-20(11-14-6-7-16-17(10-14)26-13-25-16)19(22)15-4-2-8-21(12-15)28(23,24)18-5-3-9-27-18/h3,5-7,9-10,15H,2,4,8,11-13H2,1H3/t15-/m1/s1. The molecule has 1 amide bonds. The third kappa shape index (κ3) is 3.74. The van der Waals surface area contributed by atoms with Crippen molar-refractivity contribution in [3.63, 3.8) is 0 Å². The molecule has 9 heteroatoms. The van der Waals surface area contributed by atoms with Crippen molar-refractivity contribution in [3.05, 3.63) is 41.3 Å². The van der Waals surface area contributed by atoms with Crippen molar-refractivity contribution in [3.8, 4) is 11.5 Å². The quantitative estimate of drug-likeness (QED) is 0.740. The summed E-state index contributed by atoms with van der Waals surface area (Å²) in [5.74, 6) is 1.02. The molecule has 2 aromatic rings. The van der Waals surface area contributed by atoms with Gasteiger partial charge in [0.1, 0.15) is 4.21 Å². The van der Waals surface area contributed by atoms with Crippen molar-refractivity contribution >= 4 is 27.3 Å². The maximum atomic E-state index is 12.9. The molecule has 0 bridgehead atoms. The summed E-state index contributed by atoms with van der Waals surface area (Å²) >= 11 is 1.20. The molecule has 1 aromatic carbocycles. The van der Waals surface area contributed by atoms with E-state index < -0.39 is 10.0 Å². The number of amides is 1. The molecule has 150 valence electrons. The van der Waals surface area contributed by atoms with Crippen molar-refractivity contribution in [2.45, 2.75) is 23.6 Å². The number of ether oxygens (including phenoxy) is 2. The second-order valence-corrected chi connectivity index (χ2v) is 10.1. The molecule has 0 aliphatic carbocycles. The lowest BCUT2D eigenvalue weighted by Crippen LogP contribution is -2.45. The van der Waals surface area contributed by atoms with E-state index in [1.165, 1.54) is 15.6 Å². The molecular formula is C19H22N2O5S2. The highest BCUT2D eigenvalue weighted by Gasteiger charge is 2.34. The van der Waals surface area contributed by atoms with Gasteiger partial charge in [-0.3, -0.25) is 4.79 Å². The first-order chi connectivity index (χ1) is 13.4. The molecule has 1 fully saturated rings. The maximum Gasteiger partial charge on any atom is 0.252 e. The van der Waals surface area contributed by atoms with Crippen molar-refractivity contribution < 1.29 is 22.7 Å². The number of hydrogen-bond acceptors (Lipinski definition) is 6. The van der Waals surface area contributed by atoms with Crippen LogP contribution in [-0.2, 0) is 21.4 Å². The van der Waals surface area contributed by atoms with Gasteiger partial charge in [-0.25, -0.2) is 8.42 Å². The Morgan fingerprint density at radius 1 is 1.29 bits per heavy atom. The van der Waals surface area contributed by atoms with Gasteiger partial charge in [-0.2, -0.15) is 4.31 Å². The largest absolute Gasteiger partial charge is 0.454 e. The second-order valence-electron chi connectivity index (χ2n) is 7.02. The number of fused-ring (bicyclic) bond motifs is 1. The van der Waals surface area contributed by atoms with E-state index in [0.717, 1.165) is 5.56 Å². The molecule has 0 spiro atoms. The second kappa shape index (κ2) is 7.73. The highest BCUT2D eigenvalue weighted by molar-refractivity contribution is 7.91. The lowest BCUT2D eigenvalue weighted by Gasteiger charge is -2.33. The molecule has 1 atom stereocenters. The van der Waals surface area contributed by atoms with Crippen molar-refractivity contribution in [1.29, 1.82) is 0 Å². The summed E-state index contributed by atoms with van der Waals surface area (Å²) < 4.78 is 38.0. The minimum atomic E-state index is -3.53. The molecule has 0 radical (unpaired) electrons. The van der Waals surface area contributed by atoms with E-state index in [4.69, 9.17) is 9.47 Å². The van der Waals surface area contributed by atoms with Crippen LogP contribution in [0.5, 0.6) is 11.5 Å². The first-order valence-corrected chi connectivity index (χ1v) is 11.4. The van der Waals surface area contributed by atoms with Crippen LogP contribution in [0.4, 0.5) is 0 Å². The normalized spacial score (nSPS) is 19.5. The van der Waals surface area contributed by atoms with Crippen LogP contribution in [0, 0.1) is 5.92 Å². The van der Waals surface area contributed by atoms with E-state index in [2.05, 4.69) is 0 Å². The van der Waals surface area contributed by atoms with Gasteiger partial charge in [0.15, 0.2) is 11.5 Å². The molecule has 0 saturated carbocycles. The number of carbonyl (C=O) groups is 1. The number of sulfonamides is 1. The van der Waals surface area contributed by atoms with Gasteiger partial charge >= 0.3 is 0 Å². The van der Waals surface area contributed by atoms with Crippen LogP contribution in [0.3, 0.4) is 0 Å². The van der Waals surface area contributed by atoms with Crippen LogP contribution in [-0.4, -0.2) is 50.5 Å². The third-order valence-corrected chi connectivity index (χ3v) is 8.29. The highest BCUT2D eigenvalue weighted by Crippen LogP contribution is 2.33. The number of rotatable bonds is 5. The fourth-order valence-corrected chi connectivity index (χ4v) is 6.27. The maximum absolute atomic E-state index is 12.9. The topological polar surface area (TPSA) is 76.2 Å². The average molecular weight is 423 g/mol. The Bertz CT molecular complexity index is 959. The number of benzene rings is 1. The fraction of sp³-hybridized carbons (Fsp3) is 0.421. The summed E-state index contributed by atoms with van der Waals surface area (Å²) in [7, 11) is -1.78. The lowest BCUT2D eigenvalue weighted by atomic mass is 9.98. The summed E-state index contributed by atoms with van der Waals surface area (Å²) in [6.45, 7) is 1.33. The number of hydrogen-bond donors (Lipinski definition) is 0. The van der Waals surface area contributed by atoms with E-state index >= 15 is 0 Å². The Morgan fingerprint density at radius 3 is 2.89 bits per heavy atom. The summed E-state index contributed by atoms with van der Waals surface area (Å²) in [5, 5.41) is 1.75. The smallest absolute Gasteiger partial charge is 0.252 e. The van der Waals surface area contributed by atoms with Crippen molar-refractivity contribution in [1.82, 2.24) is 9.21 Å². The first kappa shape index (κ1) is 19.2. The number of piperidine rings is 1. The molecule has 0 unspecified atom stereocenters. The van der Waals surface area contributed by atoms with Gasteiger partial charge in [0.25, 0.3) is 10.0 Å². The molecule has 7 nitrogen and oxygen atoms in total. The predicted molar refractivity (Wildman–Crippen MR) is 105 cm³/mol. The lowest BCUT2D eigenvalue weighted by molar-refractivity contribution is -0.135. The van der Waals surface area contributed by atoms with E-state index in [1.807, 2.05) is 18.2 Å². The molecule has 0 N–H and O–H groups in total. The molecule has 28 heavy (non-hydrogen) atoms. The Kier molecular flexibility index (Phi) is 5.31. The van der Waals surface area contributed by atoms with Gasteiger partial charge in [0.05, 0.1) is 5.92 Å². The van der Waals surface area contributed by atoms with Crippen LogP contribution < -0.4 is 9.47 Å². The molecule has 1 aromatic heterocycles. The van der Waals surface area contributed by atoms with Gasteiger partial charge in [-0.15, -0.1) is 11.3 Å². The summed E-state index contributed by atoms with van der Waals surface area (Å²) in [5.41, 5.74) is 0.943. The van der Waals surface area contributed by atoms with Gasteiger partial charge in [-0.05, 0) is 42.0 Å². The minimum absolute atomic E-state index is 0.0382.